The summed E-state index contributed by atoms with van der Waals surface area (Å²) < 4.78 is 0. The van der Waals surface area contributed by atoms with Gasteiger partial charge in [-0.05, 0) is 51.3 Å². The molecule has 1 aliphatic heterocycles. The molecule has 3 aliphatic rings. The molecule has 1 aromatic heterocycles. The van der Waals surface area contributed by atoms with Crippen LogP contribution in [-0.4, -0.2) is 58.5 Å². The van der Waals surface area contributed by atoms with Crippen LogP contribution < -0.4 is 4.90 Å². The molecule has 1 saturated heterocycles. The molecule has 5 heteroatoms. The molecule has 0 amide bonds. The SMILES string of the molecule is CN(CC1(O)CCC1)C1CN(c2ccc(C3CC3)nn2)C1. The summed E-state index contributed by atoms with van der Waals surface area (Å²) in [5, 5.41) is 19.0. The number of hydrogen-bond donors (Lipinski definition) is 1. The predicted molar refractivity (Wildman–Crippen MR) is 81.4 cm³/mol. The molecular weight excluding hydrogens is 264 g/mol. The standard InChI is InChI=1S/C16H24N4O/c1-19(11-16(21)7-2-8-16)13-9-20(10-13)15-6-5-14(17-18-15)12-3-4-12/h5-6,12-13,21H,2-4,7-11H2,1H3. The molecular formula is C16H24N4O. The number of nitrogens with zero attached hydrogens (tertiary/aromatic N) is 4. The van der Waals surface area contributed by atoms with E-state index in [4.69, 9.17) is 0 Å². The summed E-state index contributed by atoms with van der Waals surface area (Å²) in [6.45, 7) is 2.78. The fourth-order valence-corrected chi connectivity index (χ4v) is 3.36. The highest BCUT2D eigenvalue weighted by Crippen LogP contribution is 2.39. The summed E-state index contributed by atoms with van der Waals surface area (Å²) in [7, 11) is 2.13. The lowest BCUT2D eigenvalue weighted by Crippen LogP contribution is -2.62. The third kappa shape index (κ3) is 2.64. The second-order valence-corrected chi connectivity index (χ2v) is 7.14. The molecule has 0 spiro atoms. The molecule has 0 aromatic carbocycles. The minimum Gasteiger partial charge on any atom is -0.389 e. The number of likely N-dealkylation sites (N-methyl/N-ethyl adjacent to an activating group) is 1. The first-order chi connectivity index (χ1) is 10.1. The number of rotatable bonds is 5. The minimum absolute atomic E-state index is 0.416. The Kier molecular flexibility index (Phi) is 3.15. The van der Waals surface area contributed by atoms with Gasteiger partial charge in [0, 0.05) is 31.6 Å². The zero-order valence-electron chi connectivity index (χ0n) is 12.7. The van der Waals surface area contributed by atoms with E-state index < -0.39 is 5.60 Å². The van der Waals surface area contributed by atoms with Crippen molar-refractivity contribution in [3.63, 3.8) is 0 Å². The van der Waals surface area contributed by atoms with E-state index in [1.165, 1.54) is 19.3 Å². The van der Waals surface area contributed by atoms with E-state index >= 15 is 0 Å². The predicted octanol–water partition coefficient (Wildman–Crippen LogP) is 1.39. The van der Waals surface area contributed by atoms with Gasteiger partial charge in [0.1, 0.15) is 0 Å². The highest BCUT2D eigenvalue weighted by molar-refractivity contribution is 5.42. The number of anilines is 1. The van der Waals surface area contributed by atoms with Crippen LogP contribution in [-0.2, 0) is 0 Å². The van der Waals surface area contributed by atoms with Crippen molar-refractivity contribution in [2.45, 2.75) is 49.7 Å². The van der Waals surface area contributed by atoms with Crippen LogP contribution in [0.2, 0.25) is 0 Å². The summed E-state index contributed by atoms with van der Waals surface area (Å²) in [6, 6.07) is 4.77. The zero-order valence-corrected chi connectivity index (χ0v) is 12.7. The maximum atomic E-state index is 10.2. The van der Waals surface area contributed by atoms with Crippen LogP contribution in [0.5, 0.6) is 0 Å². The Morgan fingerprint density at radius 2 is 2.05 bits per heavy atom. The monoisotopic (exact) mass is 288 g/mol. The molecule has 114 valence electrons. The second kappa shape index (κ2) is 4.92. The topological polar surface area (TPSA) is 52.5 Å². The van der Waals surface area contributed by atoms with Crippen LogP contribution in [0.25, 0.3) is 0 Å². The number of aliphatic hydroxyl groups is 1. The zero-order chi connectivity index (χ0) is 14.4. The van der Waals surface area contributed by atoms with Crippen molar-refractivity contribution in [1.29, 1.82) is 0 Å². The highest BCUT2D eigenvalue weighted by Gasteiger charge is 2.39. The van der Waals surface area contributed by atoms with Crippen LogP contribution in [0.3, 0.4) is 0 Å². The van der Waals surface area contributed by atoms with Crippen molar-refractivity contribution in [1.82, 2.24) is 15.1 Å². The van der Waals surface area contributed by atoms with Crippen LogP contribution >= 0.6 is 0 Å². The number of aromatic nitrogens is 2. The van der Waals surface area contributed by atoms with Crippen molar-refractivity contribution in [2.24, 2.45) is 0 Å². The van der Waals surface area contributed by atoms with Crippen molar-refractivity contribution >= 4 is 5.82 Å². The van der Waals surface area contributed by atoms with Crippen molar-refractivity contribution in [2.75, 3.05) is 31.6 Å². The first-order valence-electron chi connectivity index (χ1n) is 8.14. The van der Waals surface area contributed by atoms with E-state index in [9.17, 15) is 5.11 Å². The van der Waals surface area contributed by atoms with Crippen LogP contribution in [0.15, 0.2) is 12.1 Å². The van der Waals surface area contributed by atoms with Gasteiger partial charge in [0.2, 0.25) is 0 Å². The van der Waals surface area contributed by atoms with Gasteiger partial charge in [-0.25, -0.2) is 0 Å². The molecule has 0 bridgehead atoms. The van der Waals surface area contributed by atoms with E-state index in [0.717, 1.165) is 44.0 Å². The van der Waals surface area contributed by atoms with Gasteiger partial charge < -0.3 is 10.0 Å². The fraction of sp³-hybridized carbons (Fsp3) is 0.750. The quantitative estimate of drug-likeness (QED) is 0.887. The lowest BCUT2D eigenvalue weighted by molar-refractivity contribution is -0.0629. The summed E-state index contributed by atoms with van der Waals surface area (Å²) in [5.41, 5.74) is 0.737. The fourth-order valence-electron chi connectivity index (χ4n) is 3.36. The van der Waals surface area contributed by atoms with Gasteiger partial charge in [0.05, 0.1) is 11.3 Å². The second-order valence-electron chi connectivity index (χ2n) is 7.14. The molecule has 5 nitrogen and oxygen atoms in total. The Bertz CT molecular complexity index is 504. The molecule has 1 N–H and O–H groups in total. The Balaban J connectivity index is 1.29. The van der Waals surface area contributed by atoms with Gasteiger partial charge in [-0.3, -0.25) is 4.90 Å². The maximum absolute atomic E-state index is 10.2. The summed E-state index contributed by atoms with van der Waals surface area (Å²) >= 11 is 0. The van der Waals surface area contributed by atoms with Crippen LogP contribution in [0.1, 0.15) is 43.7 Å². The van der Waals surface area contributed by atoms with Crippen molar-refractivity contribution in [3.05, 3.63) is 17.8 Å². The molecule has 0 radical (unpaired) electrons. The van der Waals surface area contributed by atoms with Gasteiger partial charge in [0.25, 0.3) is 0 Å². The van der Waals surface area contributed by atoms with E-state index in [2.05, 4.69) is 39.2 Å². The average molecular weight is 288 g/mol. The third-order valence-corrected chi connectivity index (χ3v) is 5.30. The lowest BCUT2D eigenvalue weighted by atomic mass is 9.79. The smallest absolute Gasteiger partial charge is 0.151 e. The summed E-state index contributed by atoms with van der Waals surface area (Å²) in [5.74, 6) is 1.66. The van der Waals surface area contributed by atoms with E-state index in [0.29, 0.717) is 12.0 Å². The maximum Gasteiger partial charge on any atom is 0.151 e. The molecule has 2 saturated carbocycles. The van der Waals surface area contributed by atoms with Gasteiger partial charge in [-0.15, -0.1) is 5.10 Å². The molecule has 2 heterocycles. The Hall–Kier alpha value is -1.20. The molecule has 2 aliphatic carbocycles. The van der Waals surface area contributed by atoms with Gasteiger partial charge in [-0.2, -0.15) is 5.10 Å². The molecule has 1 aromatic rings. The van der Waals surface area contributed by atoms with E-state index in [1.807, 2.05) is 0 Å². The Morgan fingerprint density at radius 3 is 2.57 bits per heavy atom. The third-order valence-electron chi connectivity index (χ3n) is 5.30. The average Bonchev–Trinajstić information content (AvgIpc) is 3.20. The lowest BCUT2D eigenvalue weighted by Gasteiger charge is -2.48. The Morgan fingerprint density at radius 1 is 1.29 bits per heavy atom. The molecule has 4 rings (SSSR count). The van der Waals surface area contributed by atoms with Gasteiger partial charge >= 0.3 is 0 Å². The van der Waals surface area contributed by atoms with Crippen molar-refractivity contribution < 1.29 is 5.11 Å². The summed E-state index contributed by atoms with van der Waals surface area (Å²) in [6.07, 6.45) is 5.63. The molecule has 0 unspecified atom stereocenters. The molecule has 0 atom stereocenters. The van der Waals surface area contributed by atoms with Crippen LogP contribution in [0.4, 0.5) is 5.82 Å². The normalized spacial score (nSPS) is 24.8. The summed E-state index contributed by atoms with van der Waals surface area (Å²) in [4.78, 5) is 4.58. The number of hydrogen-bond acceptors (Lipinski definition) is 5. The highest BCUT2D eigenvalue weighted by atomic mass is 16.3. The van der Waals surface area contributed by atoms with Gasteiger partial charge in [-0.1, -0.05) is 0 Å². The largest absolute Gasteiger partial charge is 0.389 e. The molecule has 21 heavy (non-hydrogen) atoms. The van der Waals surface area contributed by atoms with Crippen LogP contribution in [0, 0.1) is 0 Å². The Labute approximate surface area is 126 Å². The minimum atomic E-state index is -0.416. The van der Waals surface area contributed by atoms with E-state index in [1.54, 1.807) is 0 Å². The first kappa shape index (κ1) is 13.5. The van der Waals surface area contributed by atoms with Gasteiger partial charge in [0.15, 0.2) is 5.82 Å². The first-order valence-corrected chi connectivity index (χ1v) is 8.14. The molecule has 3 fully saturated rings. The van der Waals surface area contributed by atoms with E-state index in [-0.39, 0.29) is 0 Å². The van der Waals surface area contributed by atoms with Crippen molar-refractivity contribution in [3.8, 4) is 0 Å².